The Morgan fingerprint density at radius 1 is 1.12 bits per heavy atom. The van der Waals surface area contributed by atoms with Crippen LogP contribution in [0.1, 0.15) is 19.4 Å². The minimum absolute atomic E-state index is 0.163. The predicted molar refractivity (Wildman–Crippen MR) is 101 cm³/mol. The second-order valence-corrected chi connectivity index (χ2v) is 6.28. The molecule has 0 aliphatic carbocycles. The molecule has 2 aromatic carbocycles. The van der Waals surface area contributed by atoms with Gasteiger partial charge in [0.1, 0.15) is 11.1 Å². The third-order valence-corrected chi connectivity index (χ3v) is 4.77. The van der Waals surface area contributed by atoms with Crippen molar-refractivity contribution in [3.63, 3.8) is 0 Å². The van der Waals surface area contributed by atoms with E-state index in [1.807, 2.05) is 6.07 Å². The zero-order valence-electron chi connectivity index (χ0n) is 14.3. The zero-order chi connectivity index (χ0) is 18.0. The number of para-hydroxylation sites is 1. The molecule has 0 bridgehead atoms. The molecule has 1 N–H and O–H groups in total. The molecule has 0 amide bonds. The Labute approximate surface area is 151 Å². The number of nitrogens with zero attached hydrogens (tertiary/aromatic N) is 1. The number of benzene rings is 2. The summed E-state index contributed by atoms with van der Waals surface area (Å²) in [7, 11) is 0. The molecule has 0 saturated carbocycles. The maximum Gasteiger partial charge on any atom is 0.294 e. The average Bonchev–Trinajstić information content (AvgIpc) is 2.62. The fraction of sp³-hybridized carbons (Fsp3) is 0.250. The monoisotopic (exact) mass is 357 g/mol. The van der Waals surface area contributed by atoms with E-state index in [0.29, 0.717) is 28.1 Å². The van der Waals surface area contributed by atoms with Gasteiger partial charge in [-0.25, -0.2) is 0 Å². The normalized spacial score (nSPS) is 11.4. The molecule has 0 radical (unpaired) electrons. The van der Waals surface area contributed by atoms with Crippen molar-refractivity contribution < 1.29 is 9.52 Å². The van der Waals surface area contributed by atoms with Crippen LogP contribution in [0.25, 0.3) is 22.1 Å². The molecule has 0 spiro atoms. The maximum atomic E-state index is 12.8. The van der Waals surface area contributed by atoms with Crippen molar-refractivity contribution in [3.05, 3.63) is 63.3 Å². The number of rotatable bonds is 5. The molecule has 4 nitrogen and oxygen atoms in total. The summed E-state index contributed by atoms with van der Waals surface area (Å²) in [6.45, 7) is 6.66. The number of hydrogen-bond donors (Lipinski definition) is 1. The van der Waals surface area contributed by atoms with Gasteiger partial charge in [-0.3, -0.25) is 9.69 Å². The topological polar surface area (TPSA) is 53.7 Å². The van der Waals surface area contributed by atoms with E-state index in [1.165, 1.54) is 0 Å². The summed E-state index contributed by atoms with van der Waals surface area (Å²) >= 11 is 6.33. The first-order valence-electron chi connectivity index (χ1n) is 8.31. The first kappa shape index (κ1) is 17.5. The Morgan fingerprint density at radius 2 is 1.84 bits per heavy atom. The van der Waals surface area contributed by atoms with Crippen LogP contribution < -0.4 is 5.43 Å². The van der Waals surface area contributed by atoms with Crippen molar-refractivity contribution in [2.24, 2.45) is 0 Å². The van der Waals surface area contributed by atoms with Crippen molar-refractivity contribution in [1.29, 1.82) is 0 Å². The zero-order valence-corrected chi connectivity index (χ0v) is 15.0. The van der Waals surface area contributed by atoms with Gasteiger partial charge < -0.3 is 9.52 Å². The van der Waals surface area contributed by atoms with E-state index < -0.39 is 0 Å². The molecule has 5 heteroatoms. The summed E-state index contributed by atoms with van der Waals surface area (Å²) < 4.78 is 5.43. The molecule has 0 aliphatic heterocycles. The molecule has 0 atom stereocenters. The van der Waals surface area contributed by atoms with Crippen LogP contribution in [0.4, 0.5) is 0 Å². The van der Waals surface area contributed by atoms with Gasteiger partial charge in [-0.1, -0.05) is 43.6 Å². The van der Waals surface area contributed by atoms with Gasteiger partial charge in [-0.2, -0.15) is 0 Å². The largest absolute Gasteiger partial charge is 0.480 e. The fourth-order valence-corrected chi connectivity index (χ4v) is 3.10. The fourth-order valence-electron chi connectivity index (χ4n) is 2.92. The Hall–Kier alpha value is -2.30. The van der Waals surface area contributed by atoms with E-state index in [-0.39, 0.29) is 16.9 Å². The van der Waals surface area contributed by atoms with Gasteiger partial charge in [0.2, 0.25) is 5.43 Å². The van der Waals surface area contributed by atoms with Crippen molar-refractivity contribution in [2.75, 3.05) is 13.1 Å². The standard InChI is InChI=1S/C20H20ClNO3/c1-3-22(4-2)12-14-11-13(9-10-16(14)21)18-19(23)15-7-5-6-8-17(15)25-20(18)24/h5-11,24H,3-4,12H2,1-2H3. The highest BCUT2D eigenvalue weighted by atomic mass is 35.5. The summed E-state index contributed by atoms with van der Waals surface area (Å²) in [4.78, 5) is 15.0. The third kappa shape index (κ3) is 3.41. The Morgan fingerprint density at radius 3 is 2.56 bits per heavy atom. The maximum absolute atomic E-state index is 12.8. The van der Waals surface area contributed by atoms with Crippen molar-refractivity contribution in [1.82, 2.24) is 4.90 Å². The molecular weight excluding hydrogens is 338 g/mol. The minimum Gasteiger partial charge on any atom is -0.480 e. The lowest BCUT2D eigenvalue weighted by atomic mass is 10.0. The van der Waals surface area contributed by atoms with Gasteiger partial charge in [0.25, 0.3) is 5.95 Å². The van der Waals surface area contributed by atoms with Gasteiger partial charge in [-0.05, 0) is 48.5 Å². The molecule has 0 saturated heterocycles. The van der Waals surface area contributed by atoms with E-state index in [0.717, 1.165) is 18.7 Å². The van der Waals surface area contributed by atoms with Crippen LogP contribution in [0.5, 0.6) is 5.95 Å². The smallest absolute Gasteiger partial charge is 0.294 e. The summed E-state index contributed by atoms with van der Waals surface area (Å²) in [6.07, 6.45) is 0. The first-order chi connectivity index (χ1) is 12.0. The molecule has 130 valence electrons. The van der Waals surface area contributed by atoms with Gasteiger partial charge in [-0.15, -0.1) is 0 Å². The SMILES string of the molecule is CCN(CC)Cc1cc(-c2c(O)oc3ccccc3c2=O)ccc1Cl. The summed E-state index contributed by atoms with van der Waals surface area (Å²) in [5.74, 6) is -0.375. The molecule has 0 fully saturated rings. The van der Waals surface area contributed by atoms with E-state index in [1.54, 1.807) is 36.4 Å². The number of aromatic hydroxyl groups is 1. The van der Waals surface area contributed by atoms with Crippen molar-refractivity contribution in [2.45, 2.75) is 20.4 Å². The second kappa shape index (κ2) is 7.30. The highest BCUT2D eigenvalue weighted by molar-refractivity contribution is 6.31. The summed E-state index contributed by atoms with van der Waals surface area (Å²) in [5.41, 5.74) is 1.79. The minimum atomic E-state index is -0.375. The lowest BCUT2D eigenvalue weighted by Gasteiger charge is -2.19. The van der Waals surface area contributed by atoms with Gasteiger partial charge in [0, 0.05) is 11.6 Å². The van der Waals surface area contributed by atoms with Crippen molar-refractivity contribution >= 4 is 22.6 Å². The highest BCUT2D eigenvalue weighted by Crippen LogP contribution is 2.32. The molecule has 0 unspecified atom stereocenters. The van der Waals surface area contributed by atoms with E-state index in [2.05, 4.69) is 18.7 Å². The third-order valence-electron chi connectivity index (χ3n) is 4.40. The van der Waals surface area contributed by atoms with Crippen LogP contribution in [0.3, 0.4) is 0 Å². The average molecular weight is 358 g/mol. The molecule has 0 aliphatic rings. The van der Waals surface area contributed by atoms with Gasteiger partial charge in [0.15, 0.2) is 0 Å². The van der Waals surface area contributed by atoms with E-state index >= 15 is 0 Å². The van der Waals surface area contributed by atoms with Gasteiger partial charge in [0.05, 0.1) is 5.39 Å². The summed E-state index contributed by atoms with van der Waals surface area (Å²) in [5, 5.41) is 11.3. The molecule has 1 heterocycles. The van der Waals surface area contributed by atoms with Crippen LogP contribution in [-0.4, -0.2) is 23.1 Å². The lowest BCUT2D eigenvalue weighted by molar-refractivity contribution is 0.296. The van der Waals surface area contributed by atoms with Crippen molar-refractivity contribution in [3.8, 4) is 17.1 Å². The molecule has 3 aromatic rings. The van der Waals surface area contributed by atoms with Gasteiger partial charge >= 0.3 is 0 Å². The van der Waals surface area contributed by atoms with E-state index in [9.17, 15) is 9.90 Å². The van der Waals surface area contributed by atoms with E-state index in [4.69, 9.17) is 16.0 Å². The first-order valence-corrected chi connectivity index (χ1v) is 8.68. The number of halogens is 1. The van der Waals surface area contributed by atoms with Crippen LogP contribution >= 0.6 is 11.6 Å². The number of hydrogen-bond acceptors (Lipinski definition) is 4. The lowest BCUT2D eigenvalue weighted by Crippen LogP contribution is -2.22. The van der Waals surface area contributed by atoms with Crippen LogP contribution in [-0.2, 0) is 6.54 Å². The Bertz CT molecular complexity index is 961. The highest BCUT2D eigenvalue weighted by Gasteiger charge is 2.17. The molecule has 3 rings (SSSR count). The Balaban J connectivity index is 2.14. The van der Waals surface area contributed by atoms with Crippen LogP contribution in [0.2, 0.25) is 5.02 Å². The molecule has 1 aromatic heterocycles. The van der Waals surface area contributed by atoms with Crippen LogP contribution in [0, 0.1) is 0 Å². The predicted octanol–water partition coefficient (Wildman–Crippen LogP) is 4.66. The number of fused-ring (bicyclic) bond motifs is 1. The van der Waals surface area contributed by atoms with Crippen LogP contribution in [0.15, 0.2) is 51.7 Å². The quantitative estimate of drug-likeness (QED) is 0.721. The molecule has 25 heavy (non-hydrogen) atoms. The molecular formula is C20H20ClNO3. The Kier molecular flexibility index (Phi) is 5.11. The second-order valence-electron chi connectivity index (χ2n) is 5.88. The summed E-state index contributed by atoms with van der Waals surface area (Å²) in [6, 6.07) is 12.2.